The highest BCUT2D eigenvalue weighted by molar-refractivity contribution is 7.20. The quantitative estimate of drug-likeness (QED) is 0.658. The lowest BCUT2D eigenvalue weighted by Crippen LogP contribution is -2.35. The number of hydrogen-bond donors (Lipinski definition) is 1. The number of fused-ring (bicyclic) bond motifs is 2. The Bertz CT molecular complexity index is 1100. The Kier molecular flexibility index (Phi) is 4.42. The molecule has 3 aromatic rings. The van der Waals surface area contributed by atoms with Gasteiger partial charge in [0.15, 0.2) is 0 Å². The Hall–Kier alpha value is -2.47. The SMILES string of the molecule is Cc1nc(C(C)(C)C)nc2sc(C(=O)N3CCc4ccc(O)cc4C3)c(C)c12. The van der Waals surface area contributed by atoms with E-state index in [1.165, 1.54) is 16.9 Å². The molecule has 3 heterocycles. The number of amides is 1. The number of aryl methyl sites for hydroxylation is 2. The predicted octanol–water partition coefficient (Wildman–Crippen LogP) is 4.51. The van der Waals surface area contributed by atoms with Crippen LogP contribution in [-0.2, 0) is 18.4 Å². The van der Waals surface area contributed by atoms with Crippen LogP contribution < -0.4 is 0 Å². The van der Waals surface area contributed by atoms with Gasteiger partial charge in [-0.3, -0.25) is 4.79 Å². The summed E-state index contributed by atoms with van der Waals surface area (Å²) in [5.74, 6) is 1.08. The van der Waals surface area contributed by atoms with Crippen molar-refractivity contribution in [2.75, 3.05) is 6.54 Å². The molecule has 28 heavy (non-hydrogen) atoms. The first-order valence-corrected chi connectivity index (χ1v) is 10.3. The van der Waals surface area contributed by atoms with Gasteiger partial charge in [-0.2, -0.15) is 0 Å². The molecule has 1 aliphatic rings. The lowest BCUT2D eigenvalue weighted by atomic mass is 9.95. The first-order chi connectivity index (χ1) is 13.1. The van der Waals surface area contributed by atoms with Crippen LogP contribution >= 0.6 is 11.3 Å². The van der Waals surface area contributed by atoms with E-state index in [0.717, 1.165) is 44.2 Å². The normalized spacial score (nSPS) is 14.4. The van der Waals surface area contributed by atoms with Crippen molar-refractivity contribution in [1.29, 1.82) is 0 Å². The molecule has 0 atom stereocenters. The van der Waals surface area contributed by atoms with Crippen molar-refractivity contribution < 1.29 is 9.90 Å². The van der Waals surface area contributed by atoms with Crippen LogP contribution in [-0.4, -0.2) is 32.4 Å². The summed E-state index contributed by atoms with van der Waals surface area (Å²) in [5, 5.41) is 10.8. The van der Waals surface area contributed by atoms with Gasteiger partial charge in [-0.25, -0.2) is 9.97 Å². The Morgan fingerprint density at radius 2 is 1.93 bits per heavy atom. The molecule has 146 valence electrons. The molecule has 1 aliphatic heterocycles. The minimum absolute atomic E-state index is 0.0335. The van der Waals surface area contributed by atoms with Gasteiger partial charge in [0, 0.05) is 23.9 Å². The molecule has 2 aromatic heterocycles. The smallest absolute Gasteiger partial charge is 0.264 e. The molecule has 0 aliphatic carbocycles. The number of benzene rings is 1. The molecule has 0 saturated heterocycles. The Morgan fingerprint density at radius 1 is 1.18 bits per heavy atom. The number of phenolic OH excluding ortho intramolecular Hbond substituents is 1. The van der Waals surface area contributed by atoms with Crippen molar-refractivity contribution in [3.05, 3.63) is 51.3 Å². The van der Waals surface area contributed by atoms with Crippen LogP contribution in [0, 0.1) is 13.8 Å². The predicted molar refractivity (Wildman–Crippen MR) is 112 cm³/mol. The highest BCUT2D eigenvalue weighted by Gasteiger charge is 2.27. The molecule has 0 fully saturated rings. The van der Waals surface area contributed by atoms with Gasteiger partial charge in [-0.1, -0.05) is 26.8 Å². The number of thiophene rings is 1. The minimum atomic E-state index is -0.139. The van der Waals surface area contributed by atoms with E-state index >= 15 is 0 Å². The van der Waals surface area contributed by atoms with Crippen molar-refractivity contribution in [3.8, 4) is 5.75 Å². The molecule has 6 heteroatoms. The summed E-state index contributed by atoms with van der Waals surface area (Å²) >= 11 is 1.46. The molecular formula is C22H25N3O2S. The van der Waals surface area contributed by atoms with Gasteiger partial charge in [0.05, 0.1) is 10.6 Å². The third kappa shape index (κ3) is 3.15. The summed E-state index contributed by atoms with van der Waals surface area (Å²) in [4.78, 5) is 26.3. The van der Waals surface area contributed by atoms with E-state index in [-0.39, 0.29) is 17.1 Å². The van der Waals surface area contributed by atoms with E-state index in [2.05, 4.69) is 20.8 Å². The molecule has 5 nitrogen and oxygen atoms in total. The number of rotatable bonds is 1. The standard InChI is InChI=1S/C22H25N3O2S/c1-12-17-13(2)23-21(22(3,4)5)24-19(17)28-18(12)20(27)25-9-8-14-6-7-16(26)10-15(14)11-25/h6-7,10,26H,8-9,11H2,1-5H3. The van der Waals surface area contributed by atoms with E-state index in [4.69, 9.17) is 9.97 Å². The molecule has 1 N–H and O–H groups in total. The number of carbonyl (C=O) groups excluding carboxylic acids is 1. The molecule has 0 radical (unpaired) electrons. The second-order valence-electron chi connectivity index (χ2n) is 8.55. The average Bonchev–Trinajstić information content (AvgIpc) is 2.97. The topological polar surface area (TPSA) is 66.3 Å². The number of nitrogens with zero attached hydrogens (tertiary/aromatic N) is 3. The molecule has 0 unspecified atom stereocenters. The zero-order valence-electron chi connectivity index (χ0n) is 17.0. The highest BCUT2D eigenvalue weighted by Crippen LogP contribution is 2.35. The number of aromatic hydroxyl groups is 1. The van der Waals surface area contributed by atoms with Gasteiger partial charge in [-0.15, -0.1) is 11.3 Å². The summed E-state index contributed by atoms with van der Waals surface area (Å²) in [6.07, 6.45) is 0.804. The van der Waals surface area contributed by atoms with E-state index < -0.39 is 0 Å². The van der Waals surface area contributed by atoms with Crippen molar-refractivity contribution in [2.45, 2.75) is 53.0 Å². The maximum absolute atomic E-state index is 13.3. The van der Waals surface area contributed by atoms with Crippen LogP contribution in [0.15, 0.2) is 18.2 Å². The number of hydrogen-bond acceptors (Lipinski definition) is 5. The molecule has 0 saturated carbocycles. The summed E-state index contributed by atoms with van der Waals surface area (Å²) in [6, 6.07) is 5.42. The second kappa shape index (κ2) is 6.55. The van der Waals surface area contributed by atoms with Crippen LogP contribution in [0.4, 0.5) is 0 Å². The van der Waals surface area contributed by atoms with Crippen LogP contribution in [0.1, 0.15) is 58.7 Å². The maximum Gasteiger partial charge on any atom is 0.264 e. The Balaban J connectivity index is 1.72. The first kappa shape index (κ1) is 18.9. The molecular weight excluding hydrogens is 370 g/mol. The third-order valence-corrected chi connectivity index (χ3v) is 6.50. The summed E-state index contributed by atoms with van der Waals surface area (Å²) in [7, 11) is 0. The van der Waals surface area contributed by atoms with Gasteiger partial charge in [0.1, 0.15) is 16.4 Å². The minimum Gasteiger partial charge on any atom is -0.508 e. The van der Waals surface area contributed by atoms with Gasteiger partial charge in [0.25, 0.3) is 5.91 Å². The van der Waals surface area contributed by atoms with Crippen molar-refractivity contribution in [3.63, 3.8) is 0 Å². The van der Waals surface area contributed by atoms with Gasteiger partial charge in [-0.05, 0) is 49.1 Å². The van der Waals surface area contributed by atoms with Crippen LogP contribution in [0.25, 0.3) is 10.2 Å². The van der Waals surface area contributed by atoms with Crippen LogP contribution in [0.2, 0.25) is 0 Å². The van der Waals surface area contributed by atoms with Crippen molar-refractivity contribution in [1.82, 2.24) is 14.9 Å². The monoisotopic (exact) mass is 395 g/mol. The van der Waals surface area contributed by atoms with Gasteiger partial charge < -0.3 is 10.0 Å². The van der Waals surface area contributed by atoms with Crippen LogP contribution in [0.5, 0.6) is 5.75 Å². The number of phenols is 1. The molecule has 0 bridgehead atoms. The number of carbonyl (C=O) groups is 1. The van der Waals surface area contributed by atoms with E-state index in [9.17, 15) is 9.90 Å². The zero-order valence-corrected chi connectivity index (χ0v) is 17.8. The van der Waals surface area contributed by atoms with Gasteiger partial charge >= 0.3 is 0 Å². The number of aromatic nitrogens is 2. The van der Waals surface area contributed by atoms with E-state index in [1.807, 2.05) is 24.8 Å². The summed E-state index contributed by atoms with van der Waals surface area (Å²) < 4.78 is 0. The Labute approximate surface area is 169 Å². The fourth-order valence-electron chi connectivity index (χ4n) is 3.74. The zero-order chi connectivity index (χ0) is 20.2. The largest absolute Gasteiger partial charge is 0.508 e. The summed E-state index contributed by atoms with van der Waals surface area (Å²) in [5.41, 5.74) is 3.97. The molecule has 1 aromatic carbocycles. The van der Waals surface area contributed by atoms with Crippen molar-refractivity contribution in [2.24, 2.45) is 0 Å². The highest BCUT2D eigenvalue weighted by atomic mass is 32.1. The fraction of sp³-hybridized carbons (Fsp3) is 0.409. The lowest BCUT2D eigenvalue weighted by Gasteiger charge is -2.28. The lowest BCUT2D eigenvalue weighted by molar-refractivity contribution is 0.0739. The third-order valence-electron chi connectivity index (χ3n) is 5.33. The fourth-order valence-corrected chi connectivity index (χ4v) is 4.94. The second-order valence-corrected chi connectivity index (χ2v) is 9.55. The maximum atomic E-state index is 13.3. The summed E-state index contributed by atoms with van der Waals surface area (Å²) in [6.45, 7) is 11.5. The average molecular weight is 396 g/mol. The van der Waals surface area contributed by atoms with Gasteiger partial charge in [0.2, 0.25) is 0 Å². The van der Waals surface area contributed by atoms with E-state index in [1.54, 1.807) is 12.1 Å². The van der Waals surface area contributed by atoms with Crippen molar-refractivity contribution >= 4 is 27.5 Å². The van der Waals surface area contributed by atoms with E-state index in [0.29, 0.717) is 13.1 Å². The van der Waals surface area contributed by atoms with Crippen LogP contribution in [0.3, 0.4) is 0 Å². The molecule has 4 rings (SSSR count). The molecule has 0 spiro atoms. The molecule has 1 amide bonds. The Morgan fingerprint density at radius 3 is 2.64 bits per heavy atom. The first-order valence-electron chi connectivity index (χ1n) is 9.53.